The minimum atomic E-state index is 0.171. The Bertz CT molecular complexity index is 500. The Labute approximate surface area is 134 Å². The number of hydrogen-bond donors (Lipinski definition) is 1. The predicted molar refractivity (Wildman–Crippen MR) is 89.9 cm³/mol. The van der Waals surface area contributed by atoms with Gasteiger partial charge in [0, 0.05) is 25.2 Å². The molecule has 0 aromatic heterocycles. The van der Waals surface area contributed by atoms with Crippen molar-refractivity contribution in [3.8, 4) is 0 Å². The molecule has 120 valence electrons. The maximum absolute atomic E-state index is 12.2. The summed E-state index contributed by atoms with van der Waals surface area (Å²) < 4.78 is 0. The van der Waals surface area contributed by atoms with Gasteiger partial charge in [-0.25, -0.2) is 0 Å². The second kappa shape index (κ2) is 7.28. The number of nitrogens with one attached hydrogen (secondary N) is 1. The van der Waals surface area contributed by atoms with E-state index in [1.54, 1.807) is 0 Å². The molecule has 1 amide bonds. The summed E-state index contributed by atoms with van der Waals surface area (Å²) in [6.45, 7) is 4.38. The van der Waals surface area contributed by atoms with Crippen molar-refractivity contribution in [2.24, 2.45) is 0 Å². The second-order valence-corrected chi connectivity index (χ2v) is 6.98. The van der Waals surface area contributed by atoms with Crippen molar-refractivity contribution in [1.29, 1.82) is 0 Å². The molecule has 1 saturated heterocycles. The van der Waals surface area contributed by atoms with Crippen LogP contribution in [0, 0.1) is 6.92 Å². The van der Waals surface area contributed by atoms with E-state index in [4.69, 9.17) is 0 Å². The van der Waals surface area contributed by atoms with Gasteiger partial charge in [0.05, 0.1) is 6.42 Å². The summed E-state index contributed by atoms with van der Waals surface area (Å²) in [6.07, 6.45) is 8.28. The number of nitrogens with zero attached hydrogens (tertiary/aromatic N) is 1. The van der Waals surface area contributed by atoms with E-state index in [9.17, 15) is 4.79 Å². The zero-order valence-electron chi connectivity index (χ0n) is 13.7. The molecule has 0 unspecified atom stereocenters. The van der Waals surface area contributed by atoms with Gasteiger partial charge < -0.3 is 10.2 Å². The molecule has 1 heterocycles. The van der Waals surface area contributed by atoms with Gasteiger partial charge in [0.2, 0.25) is 5.91 Å². The highest BCUT2D eigenvalue weighted by atomic mass is 16.1. The topological polar surface area (TPSA) is 32.3 Å². The molecule has 3 heteroatoms. The third kappa shape index (κ3) is 4.10. The fourth-order valence-corrected chi connectivity index (χ4v) is 3.96. The predicted octanol–water partition coefficient (Wildman–Crippen LogP) is 3.06. The third-order valence-electron chi connectivity index (χ3n) is 5.18. The lowest BCUT2D eigenvalue weighted by Gasteiger charge is -2.36. The van der Waals surface area contributed by atoms with Crippen LogP contribution in [0.2, 0.25) is 0 Å². The Morgan fingerprint density at radius 2 is 1.91 bits per heavy atom. The molecular weight excluding hydrogens is 272 g/mol. The first-order valence-corrected chi connectivity index (χ1v) is 8.79. The van der Waals surface area contributed by atoms with Crippen LogP contribution in [0.3, 0.4) is 0 Å². The molecule has 1 aliphatic heterocycles. The van der Waals surface area contributed by atoms with Gasteiger partial charge in [-0.2, -0.15) is 0 Å². The Morgan fingerprint density at radius 1 is 1.18 bits per heavy atom. The molecule has 0 spiro atoms. The highest BCUT2D eigenvalue weighted by Gasteiger charge is 2.27. The van der Waals surface area contributed by atoms with Crippen molar-refractivity contribution in [3.05, 3.63) is 35.4 Å². The normalized spacial score (nSPS) is 21.1. The number of aryl methyl sites for hydroxylation is 1. The summed E-state index contributed by atoms with van der Waals surface area (Å²) in [7, 11) is 0. The van der Waals surface area contributed by atoms with Gasteiger partial charge in [0.1, 0.15) is 0 Å². The van der Waals surface area contributed by atoms with E-state index in [0.29, 0.717) is 12.5 Å². The molecule has 3 nitrogen and oxygen atoms in total. The Morgan fingerprint density at radius 3 is 2.59 bits per heavy atom. The molecule has 0 atom stereocenters. The van der Waals surface area contributed by atoms with Crippen molar-refractivity contribution in [1.82, 2.24) is 10.2 Å². The number of likely N-dealkylation sites (tertiary alicyclic amines) is 1. The van der Waals surface area contributed by atoms with Crippen LogP contribution in [0.15, 0.2) is 24.3 Å². The van der Waals surface area contributed by atoms with Crippen molar-refractivity contribution >= 4 is 5.91 Å². The van der Waals surface area contributed by atoms with Crippen molar-refractivity contribution in [2.45, 2.75) is 64.0 Å². The van der Waals surface area contributed by atoms with Crippen LogP contribution in [0.4, 0.5) is 0 Å². The molecule has 1 aromatic carbocycles. The summed E-state index contributed by atoms with van der Waals surface area (Å²) in [5.41, 5.74) is 2.33. The molecule has 1 aromatic rings. The molecule has 3 rings (SSSR count). The molecule has 1 N–H and O–H groups in total. The van der Waals surface area contributed by atoms with Gasteiger partial charge >= 0.3 is 0 Å². The lowest BCUT2D eigenvalue weighted by molar-refractivity contribution is -0.121. The molecule has 0 radical (unpaired) electrons. The number of hydrogen-bond acceptors (Lipinski definition) is 2. The largest absolute Gasteiger partial charge is 0.353 e. The van der Waals surface area contributed by atoms with Crippen molar-refractivity contribution in [2.75, 3.05) is 13.1 Å². The van der Waals surface area contributed by atoms with Gasteiger partial charge in [-0.15, -0.1) is 0 Å². The van der Waals surface area contributed by atoms with E-state index in [2.05, 4.69) is 29.3 Å². The fourth-order valence-electron chi connectivity index (χ4n) is 3.96. The van der Waals surface area contributed by atoms with E-state index < -0.39 is 0 Å². The molecule has 1 aliphatic carbocycles. The average Bonchev–Trinajstić information content (AvgIpc) is 3.02. The van der Waals surface area contributed by atoms with Crippen molar-refractivity contribution < 1.29 is 4.79 Å². The lowest BCUT2D eigenvalue weighted by atomic mass is 10.0. The van der Waals surface area contributed by atoms with E-state index in [1.807, 2.05) is 12.1 Å². The van der Waals surface area contributed by atoms with Gasteiger partial charge in [-0.1, -0.05) is 42.7 Å². The molecular formula is C19H28N2O. The monoisotopic (exact) mass is 300 g/mol. The number of carbonyl (C=O) groups excluding carboxylic acids is 1. The third-order valence-corrected chi connectivity index (χ3v) is 5.18. The van der Waals surface area contributed by atoms with E-state index in [1.165, 1.54) is 31.2 Å². The minimum absolute atomic E-state index is 0.171. The lowest BCUT2D eigenvalue weighted by Crippen LogP contribution is -2.47. The Kier molecular flexibility index (Phi) is 5.14. The molecule has 2 aliphatic rings. The highest BCUT2D eigenvalue weighted by molar-refractivity contribution is 5.78. The minimum Gasteiger partial charge on any atom is -0.353 e. The van der Waals surface area contributed by atoms with E-state index in [-0.39, 0.29) is 5.91 Å². The van der Waals surface area contributed by atoms with Crippen LogP contribution in [0.1, 0.15) is 49.7 Å². The maximum Gasteiger partial charge on any atom is 0.224 e. The molecule has 0 bridgehead atoms. The van der Waals surface area contributed by atoms with Gasteiger partial charge in [0.25, 0.3) is 0 Å². The van der Waals surface area contributed by atoms with Crippen LogP contribution in [-0.4, -0.2) is 36.0 Å². The zero-order chi connectivity index (χ0) is 15.4. The maximum atomic E-state index is 12.2. The number of amides is 1. The first-order chi connectivity index (χ1) is 10.7. The van der Waals surface area contributed by atoms with Gasteiger partial charge in [-0.05, 0) is 38.2 Å². The van der Waals surface area contributed by atoms with E-state index in [0.717, 1.165) is 37.5 Å². The second-order valence-electron chi connectivity index (χ2n) is 6.98. The van der Waals surface area contributed by atoms with E-state index >= 15 is 0 Å². The van der Waals surface area contributed by atoms with Crippen LogP contribution in [0.5, 0.6) is 0 Å². The van der Waals surface area contributed by atoms with Gasteiger partial charge in [-0.3, -0.25) is 4.79 Å². The summed E-state index contributed by atoms with van der Waals surface area (Å²) >= 11 is 0. The fraction of sp³-hybridized carbons (Fsp3) is 0.632. The quantitative estimate of drug-likeness (QED) is 0.927. The van der Waals surface area contributed by atoms with Gasteiger partial charge in [0.15, 0.2) is 0 Å². The van der Waals surface area contributed by atoms with Crippen molar-refractivity contribution in [3.63, 3.8) is 0 Å². The highest BCUT2D eigenvalue weighted by Crippen LogP contribution is 2.26. The summed E-state index contributed by atoms with van der Waals surface area (Å²) in [5.74, 6) is 0.171. The standard InChI is InChI=1S/C19H28N2O/c1-15-5-4-6-16(13-15)14-19(22)20-17-9-11-21(12-10-17)18-7-2-3-8-18/h4-6,13,17-18H,2-3,7-12,14H2,1H3,(H,20,22). The summed E-state index contributed by atoms with van der Waals surface area (Å²) in [6, 6.07) is 9.43. The van der Waals surface area contributed by atoms with Crippen LogP contribution in [-0.2, 0) is 11.2 Å². The molecule has 1 saturated carbocycles. The molecule has 22 heavy (non-hydrogen) atoms. The van der Waals surface area contributed by atoms with Crippen LogP contribution >= 0.6 is 0 Å². The Hall–Kier alpha value is -1.35. The van der Waals surface area contributed by atoms with Crippen LogP contribution in [0.25, 0.3) is 0 Å². The number of carbonyl (C=O) groups is 1. The number of piperidine rings is 1. The first-order valence-electron chi connectivity index (χ1n) is 8.79. The van der Waals surface area contributed by atoms with Crippen LogP contribution < -0.4 is 5.32 Å². The summed E-state index contributed by atoms with van der Waals surface area (Å²) in [4.78, 5) is 14.9. The zero-order valence-corrected chi connectivity index (χ0v) is 13.7. The summed E-state index contributed by atoms with van der Waals surface area (Å²) in [5, 5.41) is 3.23. The smallest absolute Gasteiger partial charge is 0.224 e. The Balaban J connectivity index is 1.43. The number of benzene rings is 1. The first kappa shape index (κ1) is 15.5. The number of rotatable bonds is 4. The molecule has 2 fully saturated rings. The average molecular weight is 300 g/mol. The SMILES string of the molecule is Cc1cccc(CC(=O)NC2CCN(C3CCCC3)CC2)c1.